The molecule has 0 saturated carbocycles. The molecule has 0 aliphatic carbocycles. The van der Waals surface area contributed by atoms with Crippen LogP contribution < -0.4 is 0 Å². The van der Waals surface area contributed by atoms with E-state index in [0.717, 1.165) is 11.1 Å². The second-order valence-electron chi connectivity index (χ2n) is 4.66. The van der Waals surface area contributed by atoms with Gasteiger partial charge in [-0.3, -0.25) is 0 Å². The Morgan fingerprint density at radius 3 is 1.73 bits per heavy atom. The molecule has 0 radical (unpaired) electrons. The van der Waals surface area contributed by atoms with Crippen molar-refractivity contribution in [3.05, 3.63) is 28.8 Å². The average Bonchev–Trinajstić information content (AvgIpc) is 2.16. The molecule has 0 heterocycles. The zero-order chi connectivity index (χ0) is 11.6. The second-order valence-corrected chi connectivity index (χ2v) is 5.78. The fourth-order valence-electron chi connectivity index (χ4n) is 1.40. The minimum absolute atomic E-state index is 0.113. The third-order valence-electron chi connectivity index (χ3n) is 2.42. The molecule has 1 nitrogen and oxygen atoms in total. The lowest BCUT2D eigenvalue weighted by Gasteiger charge is -2.21. The van der Waals surface area contributed by atoms with Crippen molar-refractivity contribution in [1.29, 1.82) is 0 Å². The number of benzene rings is 1. The van der Waals surface area contributed by atoms with Crippen LogP contribution in [0.25, 0.3) is 0 Å². The first-order valence-corrected chi connectivity index (χ1v) is 7.11. The third-order valence-corrected chi connectivity index (χ3v) is 3.63. The Bertz CT molecular complexity index is 328. The molecule has 15 heavy (non-hydrogen) atoms. The zero-order valence-corrected chi connectivity index (χ0v) is 12.4. The topological polar surface area (TPSA) is 20.2 Å². The first kappa shape index (κ1) is 13.0. The van der Waals surface area contributed by atoms with Gasteiger partial charge in [-0.2, -0.15) is 0 Å². The van der Waals surface area contributed by atoms with Crippen molar-refractivity contribution in [3.63, 3.8) is 0 Å². The van der Waals surface area contributed by atoms with Gasteiger partial charge < -0.3 is 5.11 Å². The lowest BCUT2D eigenvalue weighted by molar-refractivity contribution is 0.464. The van der Waals surface area contributed by atoms with Gasteiger partial charge in [0.25, 0.3) is 0 Å². The molecule has 0 aliphatic rings. The van der Waals surface area contributed by atoms with E-state index < -0.39 is 0 Å². The molecular formula is C12H16Br2O. The van der Waals surface area contributed by atoms with Gasteiger partial charge in [0.1, 0.15) is 5.75 Å². The standard InChI is InChI=1S/C12H16Br2O/c1-12(2,3)10-4-8(6-13)11(15)9(5-10)7-14/h4-5,15H,6-7H2,1-3H3. The molecule has 0 spiro atoms. The van der Waals surface area contributed by atoms with Gasteiger partial charge >= 0.3 is 0 Å². The summed E-state index contributed by atoms with van der Waals surface area (Å²) in [5.41, 5.74) is 3.28. The lowest BCUT2D eigenvalue weighted by Crippen LogP contribution is -2.12. The van der Waals surface area contributed by atoms with Crippen LogP contribution >= 0.6 is 31.9 Å². The van der Waals surface area contributed by atoms with Crippen LogP contribution in [0.15, 0.2) is 12.1 Å². The van der Waals surface area contributed by atoms with Crippen LogP contribution in [0, 0.1) is 0 Å². The Morgan fingerprint density at radius 2 is 1.47 bits per heavy atom. The fraction of sp³-hybridized carbons (Fsp3) is 0.500. The summed E-state index contributed by atoms with van der Waals surface area (Å²) in [6, 6.07) is 4.13. The van der Waals surface area contributed by atoms with Crippen LogP contribution in [-0.2, 0) is 16.1 Å². The molecule has 0 aromatic heterocycles. The third kappa shape index (κ3) is 2.97. The number of hydrogen-bond donors (Lipinski definition) is 1. The maximum absolute atomic E-state index is 9.92. The Labute approximate surface area is 108 Å². The van der Waals surface area contributed by atoms with Crippen molar-refractivity contribution in [2.45, 2.75) is 36.8 Å². The minimum atomic E-state index is 0.113. The van der Waals surface area contributed by atoms with Crippen molar-refractivity contribution in [1.82, 2.24) is 0 Å². The normalized spacial score (nSPS) is 11.8. The van der Waals surface area contributed by atoms with E-state index in [4.69, 9.17) is 0 Å². The number of rotatable bonds is 2. The Morgan fingerprint density at radius 1 is 1.07 bits per heavy atom. The highest BCUT2D eigenvalue weighted by atomic mass is 79.9. The molecule has 0 saturated heterocycles. The van der Waals surface area contributed by atoms with E-state index >= 15 is 0 Å². The van der Waals surface area contributed by atoms with E-state index in [9.17, 15) is 5.11 Å². The molecule has 84 valence electrons. The number of phenols is 1. The first-order chi connectivity index (χ1) is 6.90. The van der Waals surface area contributed by atoms with Crippen LogP contribution in [0.1, 0.15) is 37.5 Å². The number of phenolic OH excluding ortho intramolecular Hbond substituents is 1. The largest absolute Gasteiger partial charge is 0.507 e. The quantitative estimate of drug-likeness (QED) is 0.790. The number of halogens is 2. The van der Waals surface area contributed by atoms with Gasteiger partial charge in [0, 0.05) is 21.8 Å². The highest BCUT2D eigenvalue weighted by Crippen LogP contribution is 2.33. The minimum Gasteiger partial charge on any atom is -0.507 e. The molecule has 1 rings (SSSR count). The summed E-state index contributed by atoms with van der Waals surface area (Å²) in [4.78, 5) is 0. The monoisotopic (exact) mass is 334 g/mol. The molecule has 1 aromatic carbocycles. The van der Waals surface area contributed by atoms with Crippen molar-refractivity contribution in [2.75, 3.05) is 0 Å². The maximum Gasteiger partial charge on any atom is 0.123 e. The van der Waals surface area contributed by atoms with E-state index in [1.807, 2.05) is 0 Å². The molecule has 0 amide bonds. The van der Waals surface area contributed by atoms with E-state index in [-0.39, 0.29) is 5.41 Å². The molecule has 0 aliphatic heterocycles. The SMILES string of the molecule is CC(C)(C)c1cc(CBr)c(O)c(CBr)c1. The molecule has 0 unspecified atom stereocenters. The summed E-state index contributed by atoms with van der Waals surface area (Å²) >= 11 is 6.79. The molecule has 1 N–H and O–H groups in total. The fourth-order valence-corrected chi connectivity index (χ4v) is 2.25. The Kier molecular flexibility index (Phi) is 4.24. The average molecular weight is 336 g/mol. The second kappa shape index (κ2) is 4.88. The summed E-state index contributed by atoms with van der Waals surface area (Å²) in [5.74, 6) is 0.400. The maximum atomic E-state index is 9.92. The van der Waals surface area contributed by atoms with E-state index in [0.29, 0.717) is 16.4 Å². The Hall–Kier alpha value is -0.0200. The van der Waals surface area contributed by atoms with Crippen molar-refractivity contribution in [3.8, 4) is 5.75 Å². The zero-order valence-electron chi connectivity index (χ0n) is 9.27. The molecule has 0 bridgehead atoms. The van der Waals surface area contributed by atoms with Gasteiger partial charge in [0.2, 0.25) is 0 Å². The van der Waals surface area contributed by atoms with Gasteiger partial charge in [-0.15, -0.1) is 0 Å². The van der Waals surface area contributed by atoms with Crippen molar-refractivity contribution >= 4 is 31.9 Å². The predicted octanol–water partition coefficient (Wildman–Crippen LogP) is 4.48. The summed E-state index contributed by atoms with van der Waals surface area (Å²) in [7, 11) is 0. The van der Waals surface area contributed by atoms with E-state index in [2.05, 4.69) is 64.8 Å². The summed E-state index contributed by atoms with van der Waals surface area (Å²) in [5, 5.41) is 11.3. The smallest absolute Gasteiger partial charge is 0.123 e. The van der Waals surface area contributed by atoms with Gasteiger partial charge in [-0.05, 0) is 11.0 Å². The first-order valence-electron chi connectivity index (χ1n) is 4.87. The van der Waals surface area contributed by atoms with Crippen LogP contribution in [0.2, 0.25) is 0 Å². The van der Waals surface area contributed by atoms with Crippen molar-refractivity contribution < 1.29 is 5.11 Å². The number of hydrogen-bond acceptors (Lipinski definition) is 1. The molecule has 3 heteroatoms. The summed E-state index contributed by atoms with van der Waals surface area (Å²) in [6.07, 6.45) is 0. The van der Waals surface area contributed by atoms with Crippen LogP contribution in [0.3, 0.4) is 0 Å². The predicted molar refractivity (Wildman–Crippen MR) is 72.1 cm³/mol. The molecular weight excluding hydrogens is 320 g/mol. The van der Waals surface area contributed by atoms with Gasteiger partial charge in [0.15, 0.2) is 0 Å². The highest BCUT2D eigenvalue weighted by Gasteiger charge is 2.17. The summed E-state index contributed by atoms with van der Waals surface area (Å²) in [6.45, 7) is 6.53. The molecule has 0 fully saturated rings. The van der Waals surface area contributed by atoms with Crippen molar-refractivity contribution in [2.24, 2.45) is 0 Å². The van der Waals surface area contributed by atoms with Crippen LogP contribution in [-0.4, -0.2) is 5.11 Å². The van der Waals surface area contributed by atoms with Gasteiger partial charge in [-0.25, -0.2) is 0 Å². The van der Waals surface area contributed by atoms with Crippen LogP contribution in [0.4, 0.5) is 0 Å². The highest BCUT2D eigenvalue weighted by molar-refractivity contribution is 9.08. The number of aromatic hydroxyl groups is 1. The molecule has 0 atom stereocenters. The van der Waals surface area contributed by atoms with E-state index in [1.165, 1.54) is 5.56 Å². The van der Waals surface area contributed by atoms with Crippen LogP contribution in [0.5, 0.6) is 5.75 Å². The number of alkyl halides is 2. The Balaban J connectivity index is 3.33. The summed E-state index contributed by atoms with van der Waals surface area (Å²) < 4.78 is 0. The lowest BCUT2D eigenvalue weighted by atomic mass is 9.85. The van der Waals surface area contributed by atoms with Gasteiger partial charge in [0.05, 0.1) is 0 Å². The molecule has 1 aromatic rings. The van der Waals surface area contributed by atoms with Gasteiger partial charge in [-0.1, -0.05) is 64.8 Å². The van der Waals surface area contributed by atoms with E-state index in [1.54, 1.807) is 0 Å².